The molecule has 1 saturated carbocycles. The molecule has 2 aliphatic rings. The minimum Gasteiger partial charge on any atom is -0.454 e. The van der Waals surface area contributed by atoms with Gasteiger partial charge in [-0.1, -0.05) is 35.9 Å². The van der Waals surface area contributed by atoms with E-state index in [0.29, 0.717) is 35.5 Å². The molecule has 0 unspecified atom stereocenters. The van der Waals surface area contributed by atoms with Gasteiger partial charge in [0.1, 0.15) is 0 Å². The first kappa shape index (κ1) is 20.4. The topological polar surface area (TPSA) is 47.6 Å². The number of anilines is 1. The van der Waals surface area contributed by atoms with E-state index in [0.717, 1.165) is 23.3 Å². The summed E-state index contributed by atoms with van der Waals surface area (Å²) in [6, 6.07) is 16.2. The van der Waals surface area contributed by atoms with Crippen molar-refractivity contribution in [2.45, 2.75) is 31.4 Å². The lowest BCUT2D eigenvalue weighted by atomic mass is 9.94. The van der Waals surface area contributed by atoms with Crippen LogP contribution in [-0.4, -0.2) is 12.7 Å². The second kappa shape index (κ2) is 7.29. The number of ether oxygens (including phenoxy) is 2. The van der Waals surface area contributed by atoms with E-state index in [4.69, 9.17) is 9.47 Å². The van der Waals surface area contributed by atoms with E-state index in [1.165, 1.54) is 0 Å². The Labute approximate surface area is 183 Å². The average Bonchev–Trinajstić information content (AvgIpc) is 3.44. The molecule has 0 saturated heterocycles. The highest BCUT2D eigenvalue weighted by Gasteiger charge is 2.51. The van der Waals surface area contributed by atoms with Crippen molar-refractivity contribution >= 4 is 11.6 Å². The van der Waals surface area contributed by atoms with Crippen molar-refractivity contribution < 1.29 is 27.4 Å². The molecule has 7 heteroatoms. The quantitative estimate of drug-likeness (QED) is 0.536. The van der Waals surface area contributed by atoms with Gasteiger partial charge in [-0.2, -0.15) is 13.2 Å². The molecule has 1 heterocycles. The lowest BCUT2D eigenvalue weighted by Gasteiger charge is -2.18. The fourth-order valence-corrected chi connectivity index (χ4v) is 4.07. The molecule has 0 spiro atoms. The Kier molecular flexibility index (Phi) is 4.65. The van der Waals surface area contributed by atoms with Crippen LogP contribution in [-0.2, 0) is 16.4 Å². The van der Waals surface area contributed by atoms with Crippen LogP contribution in [0.3, 0.4) is 0 Å². The first-order chi connectivity index (χ1) is 15.2. The van der Waals surface area contributed by atoms with Gasteiger partial charge in [0.2, 0.25) is 12.7 Å². The van der Waals surface area contributed by atoms with Gasteiger partial charge in [0, 0.05) is 5.69 Å². The molecule has 1 aliphatic carbocycles. The Morgan fingerprint density at radius 3 is 2.44 bits per heavy atom. The van der Waals surface area contributed by atoms with Gasteiger partial charge in [0.15, 0.2) is 11.5 Å². The Morgan fingerprint density at radius 1 is 0.938 bits per heavy atom. The number of amides is 1. The van der Waals surface area contributed by atoms with Gasteiger partial charge in [-0.05, 0) is 66.8 Å². The van der Waals surface area contributed by atoms with Gasteiger partial charge in [-0.3, -0.25) is 4.79 Å². The van der Waals surface area contributed by atoms with Crippen molar-refractivity contribution in [2.24, 2.45) is 0 Å². The maximum Gasteiger partial charge on any atom is 0.416 e. The standard InChI is InChI=1S/C25H20F3NO3/c1-15-3-2-4-16(9-15)17-10-19(25(26,27)28)12-20(11-17)29-23(30)24(7-8-24)18-5-6-21-22(13-18)32-14-31-21/h2-6,9-13H,7-8,14H2,1H3,(H,29,30). The number of benzene rings is 3. The lowest BCUT2D eigenvalue weighted by molar-refractivity contribution is -0.137. The number of hydrogen-bond acceptors (Lipinski definition) is 3. The molecule has 0 atom stereocenters. The van der Waals surface area contributed by atoms with Crippen LogP contribution in [0.15, 0.2) is 60.7 Å². The Balaban J connectivity index is 1.48. The van der Waals surface area contributed by atoms with E-state index >= 15 is 0 Å². The number of fused-ring (bicyclic) bond motifs is 1. The summed E-state index contributed by atoms with van der Waals surface area (Å²) in [6.45, 7) is 2.01. The number of hydrogen-bond donors (Lipinski definition) is 1. The van der Waals surface area contributed by atoms with E-state index in [1.807, 2.05) is 25.1 Å². The molecule has 5 rings (SSSR count). The lowest BCUT2D eigenvalue weighted by Crippen LogP contribution is -2.28. The van der Waals surface area contributed by atoms with Gasteiger partial charge in [0.05, 0.1) is 11.0 Å². The Morgan fingerprint density at radius 2 is 1.72 bits per heavy atom. The Bertz CT molecular complexity index is 1220. The molecule has 0 radical (unpaired) electrons. The number of carbonyl (C=O) groups is 1. The largest absolute Gasteiger partial charge is 0.454 e. The second-order valence-corrected chi connectivity index (χ2v) is 8.27. The third-order valence-corrected chi connectivity index (χ3v) is 5.98. The number of rotatable bonds is 4. The van der Waals surface area contributed by atoms with Gasteiger partial charge in [0.25, 0.3) is 0 Å². The zero-order valence-corrected chi connectivity index (χ0v) is 17.3. The highest BCUT2D eigenvalue weighted by Crippen LogP contribution is 2.51. The summed E-state index contributed by atoms with van der Waals surface area (Å²) in [4.78, 5) is 13.2. The summed E-state index contributed by atoms with van der Waals surface area (Å²) >= 11 is 0. The van der Waals surface area contributed by atoms with Crippen LogP contribution in [0.1, 0.15) is 29.5 Å². The molecule has 164 valence electrons. The van der Waals surface area contributed by atoms with Crippen molar-refractivity contribution in [1.29, 1.82) is 0 Å². The van der Waals surface area contributed by atoms with E-state index in [-0.39, 0.29) is 18.4 Å². The fourth-order valence-electron chi connectivity index (χ4n) is 4.07. The van der Waals surface area contributed by atoms with Crippen LogP contribution in [0.4, 0.5) is 18.9 Å². The normalized spacial score (nSPS) is 16.0. The summed E-state index contributed by atoms with van der Waals surface area (Å²) in [6.07, 6.45) is -3.31. The van der Waals surface area contributed by atoms with Crippen molar-refractivity contribution in [1.82, 2.24) is 0 Å². The first-order valence-corrected chi connectivity index (χ1v) is 10.3. The maximum absolute atomic E-state index is 13.6. The molecule has 4 nitrogen and oxygen atoms in total. The number of halogens is 3. The smallest absolute Gasteiger partial charge is 0.416 e. The summed E-state index contributed by atoms with van der Waals surface area (Å²) in [7, 11) is 0. The Hall–Kier alpha value is -3.48. The second-order valence-electron chi connectivity index (χ2n) is 8.27. The predicted molar refractivity (Wildman–Crippen MR) is 114 cm³/mol. The zero-order valence-electron chi connectivity index (χ0n) is 17.3. The van der Waals surface area contributed by atoms with E-state index in [2.05, 4.69) is 5.32 Å². The van der Waals surface area contributed by atoms with Gasteiger partial charge in [-0.15, -0.1) is 0 Å². The van der Waals surface area contributed by atoms with Crippen LogP contribution in [0.25, 0.3) is 11.1 Å². The van der Waals surface area contributed by atoms with Crippen molar-refractivity contribution in [3.05, 3.63) is 77.4 Å². The fraction of sp³-hybridized carbons (Fsp3) is 0.240. The van der Waals surface area contributed by atoms with Crippen LogP contribution < -0.4 is 14.8 Å². The number of carbonyl (C=O) groups excluding carboxylic acids is 1. The van der Waals surface area contributed by atoms with Crippen LogP contribution >= 0.6 is 0 Å². The molecular formula is C25H20F3NO3. The minimum atomic E-state index is -4.53. The number of aryl methyl sites for hydroxylation is 1. The zero-order chi connectivity index (χ0) is 22.5. The number of nitrogens with one attached hydrogen (secondary N) is 1. The highest BCUT2D eigenvalue weighted by molar-refractivity contribution is 6.02. The average molecular weight is 439 g/mol. The predicted octanol–water partition coefficient (Wildman–Crippen LogP) is 6.08. The summed E-state index contributed by atoms with van der Waals surface area (Å²) < 4.78 is 51.5. The molecule has 3 aromatic carbocycles. The monoisotopic (exact) mass is 439 g/mol. The summed E-state index contributed by atoms with van der Waals surface area (Å²) in [5, 5.41) is 2.74. The van der Waals surface area contributed by atoms with Crippen molar-refractivity contribution in [3.8, 4) is 22.6 Å². The minimum absolute atomic E-state index is 0.119. The first-order valence-electron chi connectivity index (χ1n) is 10.3. The van der Waals surface area contributed by atoms with E-state index < -0.39 is 17.2 Å². The molecule has 1 fully saturated rings. The maximum atomic E-state index is 13.6. The molecule has 1 N–H and O–H groups in total. The van der Waals surface area contributed by atoms with Crippen LogP contribution in [0.5, 0.6) is 11.5 Å². The summed E-state index contributed by atoms with van der Waals surface area (Å²) in [5.74, 6) is 0.860. The van der Waals surface area contributed by atoms with E-state index in [9.17, 15) is 18.0 Å². The SMILES string of the molecule is Cc1cccc(-c2cc(NC(=O)C3(c4ccc5c(c4)OCO5)CC3)cc(C(F)(F)F)c2)c1. The van der Waals surface area contributed by atoms with E-state index in [1.54, 1.807) is 30.3 Å². The van der Waals surface area contributed by atoms with Crippen LogP contribution in [0, 0.1) is 6.92 Å². The molecule has 3 aromatic rings. The van der Waals surface area contributed by atoms with Gasteiger partial charge >= 0.3 is 6.18 Å². The van der Waals surface area contributed by atoms with Gasteiger partial charge in [-0.25, -0.2) is 0 Å². The molecule has 0 aromatic heterocycles. The van der Waals surface area contributed by atoms with Crippen molar-refractivity contribution in [3.63, 3.8) is 0 Å². The molecular weight excluding hydrogens is 419 g/mol. The molecule has 32 heavy (non-hydrogen) atoms. The third kappa shape index (κ3) is 3.68. The van der Waals surface area contributed by atoms with Gasteiger partial charge < -0.3 is 14.8 Å². The third-order valence-electron chi connectivity index (χ3n) is 5.98. The number of alkyl halides is 3. The molecule has 0 bridgehead atoms. The molecule has 1 amide bonds. The van der Waals surface area contributed by atoms with Crippen molar-refractivity contribution in [2.75, 3.05) is 12.1 Å². The molecule has 1 aliphatic heterocycles. The van der Waals surface area contributed by atoms with Crippen LogP contribution in [0.2, 0.25) is 0 Å². The summed E-state index contributed by atoms with van der Waals surface area (Å²) in [5.41, 5.74) is 1.29. The highest BCUT2D eigenvalue weighted by atomic mass is 19.4.